The van der Waals surface area contributed by atoms with Crippen LogP contribution in [0.3, 0.4) is 0 Å². The normalized spacial score (nSPS) is 31.7. The summed E-state index contributed by atoms with van der Waals surface area (Å²) in [4.78, 5) is 12.8. The van der Waals surface area contributed by atoms with E-state index in [1.165, 1.54) is 12.1 Å². The van der Waals surface area contributed by atoms with Gasteiger partial charge in [0.1, 0.15) is 35.9 Å². The Morgan fingerprint density at radius 3 is 2.50 bits per heavy atom. The predicted molar refractivity (Wildman–Crippen MR) is 103 cm³/mol. The number of fused-ring (bicyclic) bond motifs is 2. The van der Waals surface area contributed by atoms with Gasteiger partial charge in [-0.15, -0.1) is 0 Å². The lowest BCUT2D eigenvalue weighted by Gasteiger charge is -2.41. The van der Waals surface area contributed by atoms with Gasteiger partial charge in [-0.25, -0.2) is 0 Å². The molecule has 30 heavy (non-hydrogen) atoms. The van der Waals surface area contributed by atoms with Crippen molar-refractivity contribution in [2.24, 2.45) is 0 Å². The topological polar surface area (TPSA) is 157 Å². The lowest BCUT2D eigenvalue weighted by atomic mass is 9.85. The first-order valence-electron chi connectivity index (χ1n) is 9.68. The summed E-state index contributed by atoms with van der Waals surface area (Å²) in [6, 6.07) is 4.71. The zero-order valence-electron chi connectivity index (χ0n) is 16.2. The van der Waals surface area contributed by atoms with E-state index >= 15 is 0 Å². The van der Waals surface area contributed by atoms with E-state index in [1.807, 2.05) is 0 Å². The molecule has 9 nitrogen and oxygen atoms in total. The fourth-order valence-electron chi connectivity index (χ4n) is 4.33. The fourth-order valence-corrected chi connectivity index (χ4v) is 4.33. The molecule has 6 atom stereocenters. The fraction of sp³-hybridized carbons (Fsp3) is 0.476. The van der Waals surface area contributed by atoms with Crippen molar-refractivity contribution < 1.29 is 44.9 Å². The number of ether oxygens (including phenoxy) is 2. The monoisotopic (exact) mass is 420 g/mol. The first kappa shape index (κ1) is 21.0. The minimum Gasteiger partial charge on any atom is -0.508 e. The number of aryl methyl sites for hydroxylation is 1. The SMILES string of the molecule is Cc1cc(O)cc2cc3c(c(O)c12)C(=O)CC(OC1OC(CO)C(O)C(O)C1O)C3. The summed E-state index contributed by atoms with van der Waals surface area (Å²) in [5.74, 6) is -0.454. The Balaban J connectivity index is 1.63. The van der Waals surface area contributed by atoms with Gasteiger partial charge in [0.05, 0.1) is 18.3 Å². The van der Waals surface area contributed by atoms with Crippen LogP contribution >= 0.6 is 0 Å². The second-order valence-electron chi connectivity index (χ2n) is 7.91. The second-order valence-corrected chi connectivity index (χ2v) is 7.91. The molecule has 1 heterocycles. The molecule has 0 saturated carbocycles. The van der Waals surface area contributed by atoms with Crippen LogP contribution in [0.2, 0.25) is 0 Å². The maximum Gasteiger partial charge on any atom is 0.186 e. The summed E-state index contributed by atoms with van der Waals surface area (Å²) in [6.45, 7) is 1.15. The molecule has 0 aromatic heterocycles. The molecule has 2 aromatic rings. The van der Waals surface area contributed by atoms with Gasteiger partial charge in [0.15, 0.2) is 12.1 Å². The molecule has 1 saturated heterocycles. The van der Waals surface area contributed by atoms with E-state index in [-0.39, 0.29) is 35.7 Å². The Hall–Kier alpha value is -2.27. The highest BCUT2D eigenvalue weighted by Crippen LogP contribution is 2.40. The summed E-state index contributed by atoms with van der Waals surface area (Å²) in [5.41, 5.74) is 1.36. The third kappa shape index (κ3) is 3.43. The van der Waals surface area contributed by atoms with Gasteiger partial charge in [0.2, 0.25) is 0 Å². The molecule has 2 aliphatic rings. The van der Waals surface area contributed by atoms with Gasteiger partial charge in [-0.2, -0.15) is 0 Å². The predicted octanol–water partition coefficient (Wildman–Crippen LogP) is -0.127. The Labute approximate surface area is 171 Å². The Morgan fingerprint density at radius 1 is 1.07 bits per heavy atom. The molecule has 2 aromatic carbocycles. The van der Waals surface area contributed by atoms with Gasteiger partial charge >= 0.3 is 0 Å². The highest BCUT2D eigenvalue weighted by molar-refractivity contribution is 6.08. The largest absolute Gasteiger partial charge is 0.508 e. The number of carbonyl (C=O) groups is 1. The lowest BCUT2D eigenvalue weighted by molar-refractivity contribution is -0.310. The van der Waals surface area contributed by atoms with Crippen molar-refractivity contribution in [3.8, 4) is 11.5 Å². The summed E-state index contributed by atoms with van der Waals surface area (Å²) in [7, 11) is 0. The molecule has 6 unspecified atom stereocenters. The van der Waals surface area contributed by atoms with Crippen molar-refractivity contribution in [3.63, 3.8) is 0 Å². The van der Waals surface area contributed by atoms with E-state index in [1.54, 1.807) is 13.0 Å². The van der Waals surface area contributed by atoms with Crippen LogP contribution in [0, 0.1) is 6.92 Å². The highest BCUT2D eigenvalue weighted by Gasteiger charge is 2.45. The minimum absolute atomic E-state index is 0.0376. The number of ketones is 1. The molecular formula is C21H24O9. The number of hydrogen-bond donors (Lipinski definition) is 6. The number of hydrogen-bond acceptors (Lipinski definition) is 9. The van der Waals surface area contributed by atoms with Crippen LogP contribution in [0.15, 0.2) is 18.2 Å². The highest BCUT2D eigenvalue weighted by atomic mass is 16.7. The van der Waals surface area contributed by atoms with Crippen LogP contribution in [0.1, 0.15) is 27.9 Å². The average Bonchev–Trinajstić information content (AvgIpc) is 2.67. The number of carbonyl (C=O) groups excluding carboxylic acids is 1. The number of aliphatic hydroxyl groups is 4. The molecule has 0 spiro atoms. The molecule has 6 N–H and O–H groups in total. The number of aromatic hydroxyl groups is 2. The third-order valence-electron chi connectivity index (χ3n) is 5.79. The maximum atomic E-state index is 12.8. The van der Waals surface area contributed by atoms with E-state index in [0.29, 0.717) is 21.9 Å². The molecule has 1 aliphatic heterocycles. The molecular weight excluding hydrogens is 396 g/mol. The van der Waals surface area contributed by atoms with Crippen LogP contribution in [0.4, 0.5) is 0 Å². The quantitative estimate of drug-likeness (QED) is 0.398. The van der Waals surface area contributed by atoms with Gasteiger partial charge in [0.25, 0.3) is 0 Å². The molecule has 9 heteroatoms. The lowest BCUT2D eigenvalue weighted by Crippen LogP contribution is -2.59. The van der Waals surface area contributed by atoms with E-state index in [0.717, 1.165) is 0 Å². The van der Waals surface area contributed by atoms with Crippen molar-refractivity contribution in [2.45, 2.75) is 56.6 Å². The summed E-state index contributed by atoms with van der Waals surface area (Å²) < 4.78 is 11.1. The molecule has 1 aliphatic carbocycles. The van der Waals surface area contributed by atoms with Crippen molar-refractivity contribution in [1.29, 1.82) is 0 Å². The van der Waals surface area contributed by atoms with E-state index in [2.05, 4.69) is 0 Å². The second kappa shape index (κ2) is 7.77. The van der Waals surface area contributed by atoms with Crippen LogP contribution in [-0.2, 0) is 15.9 Å². The minimum atomic E-state index is -1.58. The van der Waals surface area contributed by atoms with E-state index in [9.17, 15) is 35.4 Å². The van der Waals surface area contributed by atoms with Gasteiger partial charge < -0.3 is 40.1 Å². The Morgan fingerprint density at radius 2 is 1.80 bits per heavy atom. The van der Waals surface area contributed by atoms with E-state index in [4.69, 9.17) is 9.47 Å². The maximum absolute atomic E-state index is 12.8. The number of benzene rings is 2. The summed E-state index contributed by atoms with van der Waals surface area (Å²) >= 11 is 0. The van der Waals surface area contributed by atoms with Gasteiger partial charge in [-0.05, 0) is 41.6 Å². The van der Waals surface area contributed by atoms with Crippen molar-refractivity contribution >= 4 is 16.6 Å². The molecule has 4 rings (SSSR count). The van der Waals surface area contributed by atoms with Crippen LogP contribution < -0.4 is 0 Å². The van der Waals surface area contributed by atoms with E-state index < -0.39 is 43.4 Å². The van der Waals surface area contributed by atoms with Crippen LogP contribution in [0.25, 0.3) is 10.8 Å². The average molecular weight is 420 g/mol. The molecule has 0 bridgehead atoms. The number of aliphatic hydroxyl groups excluding tert-OH is 4. The van der Waals surface area contributed by atoms with Crippen molar-refractivity contribution in [3.05, 3.63) is 34.9 Å². The molecule has 162 valence electrons. The molecule has 0 radical (unpaired) electrons. The number of rotatable bonds is 3. The number of phenols is 2. The Bertz CT molecular complexity index is 986. The third-order valence-corrected chi connectivity index (χ3v) is 5.79. The zero-order valence-corrected chi connectivity index (χ0v) is 16.2. The van der Waals surface area contributed by atoms with Crippen molar-refractivity contribution in [2.75, 3.05) is 6.61 Å². The Kier molecular flexibility index (Phi) is 5.43. The van der Waals surface area contributed by atoms with Gasteiger partial charge in [-0.1, -0.05) is 0 Å². The van der Waals surface area contributed by atoms with Crippen LogP contribution in [-0.4, -0.2) is 79.8 Å². The smallest absolute Gasteiger partial charge is 0.186 e. The number of phenolic OH excluding ortho intramolecular Hbond substituents is 2. The summed E-state index contributed by atoms with van der Waals surface area (Å²) in [5, 5.41) is 60.9. The summed E-state index contributed by atoms with van der Waals surface area (Å²) in [6.07, 6.45) is -7.69. The van der Waals surface area contributed by atoms with Gasteiger partial charge in [0, 0.05) is 18.2 Å². The molecule has 0 amide bonds. The van der Waals surface area contributed by atoms with Crippen molar-refractivity contribution in [1.82, 2.24) is 0 Å². The standard InChI is InChI=1S/C21H24O9/c1-8-2-11(23)4-9-3-10-5-12(6-13(24)16(10)18(26)15(8)9)29-21-20(28)19(27)17(25)14(7-22)30-21/h2-4,12,14,17,19-23,25-28H,5-7H2,1H3. The molecule has 1 fully saturated rings. The first-order valence-corrected chi connectivity index (χ1v) is 9.68. The van der Waals surface area contributed by atoms with Gasteiger partial charge in [-0.3, -0.25) is 4.79 Å². The first-order chi connectivity index (χ1) is 14.2. The zero-order chi connectivity index (χ0) is 21.7. The number of Topliss-reactive ketones (excluding diaryl/α,β-unsaturated/α-hetero) is 1. The van der Waals surface area contributed by atoms with Crippen LogP contribution in [0.5, 0.6) is 11.5 Å².